The standard InChI is InChI=1S/C17H19N/c1-4-15(3)18(16-10-6-5-7-11-16)17-12-8-9-14(2)13-17/h4-13H,1-3H3. The van der Waals surface area contributed by atoms with Crippen molar-refractivity contribution in [1.29, 1.82) is 0 Å². The molecule has 0 amide bonds. The highest BCUT2D eigenvalue weighted by Crippen LogP contribution is 2.29. The number of aryl methyl sites for hydroxylation is 1. The zero-order chi connectivity index (χ0) is 13.0. The molecule has 0 aliphatic rings. The molecule has 0 aliphatic heterocycles. The summed E-state index contributed by atoms with van der Waals surface area (Å²) in [5, 5.41) is 0. The van der Waals surface area contributed by atoms with E-state index in [9.17, 15) is 0 Å². The third kappa shape index (κ3) is 2.62. The monoisotopic (exact) mass is 237 g/mol. The Bertz CT molecular complexity index is 541. The first-order valence-electron chi connectivity index (χ1n) is 6.27. The molecule has 18 heavy (non-hydrogen) atoms. The molecular weight excluding hydrogens is 218 g/mol. The average Bonchev–Trinajstić information content (AvgIpc) is 2.40. The van der Waals surface area contributed by atoms with E-state index in [1.54, 1.807) is 0 Å². The molecule has 0 saturated heterocycles. The summed E-state index contributed by atoms with van der Waals surface area (Å²) in [5.41, 5.74) is 4.90. The van der Waals surface area contributed by atoms with Gasteiger partial charge in [0.25, 0.3) is 0 Å². The predicted molar refractivity (Wildman–Crippen MR) is 79.2 cm³/mol. The molecule has 92 valence electrons. The molecular formula is C17H19N. The van der Waals surface area contributed by atoms with Crippen molar-refractivity contribution in [3.8, 4) is 0 Å². The maximum absolute atomic E-state index is 2.27. The van der Waals surface area contributed by atoms with E-state index in [-0.39, 0.29) is 0 Å². The number of para-hydroxylation sites is 1. The second kappa shape index (κ2) is 5.54. The van der Waals surface area contributed by atoms with Crippen LogP contribution in [0.1, 0.15) is 19.4 Å². The number of hydrogen-bond donors (Lipinski definition) is 0. The number of anilines is 2. The molecule has 0 heterocycles. The zero-order valence-corrected chi connectivity index (χ0v) is 11.2. The van der Waals surface area contributed by atoms with Crippen LogP contribution in [0.2, 0.25) is 0 Å². The van der Waals surface area contributed by atoms with E-state index in [1.165, 1.54) is 22.6 Å². The molecule has 0 spiro atoms. The summed E-state index contributed by atoms with van der Waals surface area (Å²) in [6.07, 6.45) is 2.13. The summed E-state index contributed by atoms with van der Waals surface area (Å²) < 4.78 is 0. The first-order valence-corrected chi connectivity index (χ1v) is 6.27. The molecule has 0 unspecified atom stereocenters. The predicted octanol–water partition coefficient (Wildman–Crippen LogP) is 5.06. The lowest BCUT2D eigenvalue weighted by molar-refractivity contribution is 1.14. The molecule has 0 aromatic heterocycles. The first-order chi connectivity index (χ1) is 8.72. The molecule has 1 heteroatoms. The van der Waals surface area contributed by atoms with Gasteiger partial charge in [-0.25, -0.2) is 0 Å². The SMILES string of the molecule is CC=C(C)N(c1ccccc1)c1cccc(C)c1. The Labute approximate surface area is 109 Å². The number of hydrogen-bond acceptors (Lipinski definition) is 1. The molecule has 0 aliphatic carbocycles. The number of allylic oxidation sites excluding steroid dienone is 2. The summed E-state index contributed by atoms with van der Waals surface area (Å²) in [6, 6.07) is 19.0. The highest BCUT2D eigenvalue weighted by Gasteiger charge is 2.10. The molecule has 0 N–H and O–H groups in total. The third-order valence-electron chi connectivity index (χ3n) is 3.04. The Hall–Kier alpha value is -2.02. The number of nitrogens with zero attached hydrogens (tertiary/aromatic N) is 1. The fraction of sp³-hybridized carbons (Fsp3) is 0.176. The maximum atomic E-state index is 2.27. The van der Waals surface area contributed by atoms with E-state index in [4.69, 9.17) is 0 Å². The van der Waals surface area contributed by atoms with Crippen molar-refractivity contribution < 1.29 is 0 Å². The Morgan fingerprint density at radius 2 is 1.61 bits per heavy atom. The Balaban J connectivity index is 2.51. The minimum Gasteiger partial charge on any atom is -0.315 e. The molecule has 2 aromatic carbocycles. The zero-order valence-electron chi connectivity index (χ0n) is 11.2. The lowest BCUT2D eigenvalue weighted by Crippen LogP contribution is -2.14. The van der Waals surface area contributed by atoms with E-state index in [1.807, 2.05) is 6.07 Å². The first kappa shape index (κ1) is 12.4. The number of benzene rings is 2. The molecule has 0 bridgehead atoms. The van der Waals surface area contributed by atoms with Crippen molar-refractivity contribution >= 4 is 11.4 Å². The van der Waals surface area contributed by atoms with Gasteiger partial charge in [0, 0.05) is 17.1 Å². The highest BCUT2D eigenvalue weighted by molar-refractivity contribution is 5.68. The van der Waals surface area contributed by atoms with Gasteiger partial charge in [-0.3, -0.25) is 0 Å². The van der Waals surface area contributed by atoms with Gasteiger partial charge in [-0.2, -0.15) is 0 Å². The smallest absolute Gasteiger partial charge is 0.0460 e. The lowest BCUT2D eigenvalue weighted by atomic mass is 10.1. The van der Waals surface area contributed by atoms with Crippen molar-refractivity contribution in [3.63, 3.8) is 0 Å². The van der Waals surface area contributed by atoms with Gasteiger partial charge in [0.05, 0.1) is 0 Å². The quantitative estimate of drug-likeness (QED) is 0.721. The van der Waals surface area contributed by atoms with E-state index in [0.717, 1.165) is 0 Å². The van der Waals surface area contributed by atoms with Gasteiger partial charge in [-0.15, -0.1) is 0 Å². The minimum atomic E-state index is 1.19. The minimum absolute atomic E-state index is 1.19. The second-order valence-electron chi connectivity index (χ2n) is 4.44. The number of rotatable bonds is 3. The Kier molecular flexibility index (Phi) is 3.83. The van der Waals surface area contributed by atoms with Gasteiger partial charge in [-0.05, 0) is 50.6 Å². The lowest BCUT2D eigenvalue weighted by Gasteiger charge is -2.26. The van der Waals surface area contributed by atoms with Crippen LogP contribution in [-0.4, -0.2) is 0 Å². The van der Waals surface area contributed by atoms with Crippen molar-refractivity contribution in [1.82, 2.24) is 0 Å². The van der Waals surface area contributed by atoms with Gasteiger partial charge >= 0.3 is 0 Å². The Morgan fingerprint density at radius 3 is 2.22 bits per heavy atom. The van der Waals surface area contributed by atoms with Gasteiger partial charge in [0.2, 0.25) is 0 Å². The fourth-order valence-electron chi connectivity index (χ4n) is 2.03. The fourth-order valence-corrected chi connectivity index (χ4v) is 2.03. The molecule has 0 radical (unpaired) electrons. The molecule has 0 saturated carbocycles. The molecule has 0 fully saturated rings. The van der Waals surface area contributed by atoms with Crippen LogP contribution < -0.4 is 4.90 Å². The Morgan fingerprint density at radius 1 is 0.944 bits per heavy atom. The maximum Gasteiger partial charge on any atom is 0.0460 e. The van der Waals surface area contributed by atoms with Crippen LogP contribution in [0.4, 0.5) is 11.4 Å². The van der Waals surface area contributed by atoms with Gasteiger partial charge in [0.1, 0.15) is 0 Å². The second-order valence-corrected chi connectivity index (χ2v) is 4.44. The van der Waals surface area contributed by atoms with E-state index in [0.29, 0.717) is 0 Å². The third-order valence-corrected chi connectivity index (χ3v) is 3.04. The van der Waals surface area contributed by atoms with Gasteiger partial charge < -0.3 is 4.90 Å². The van der Waals surface area contributed by atoms with Crippen molar-refractivity contribution in [2.75, 3.05) is 4.90 Å². The summed E-state index contributed by atoms with van der Waals surface area (Å²) in [7, 11) is 0. The summed E-state index contributed by atoms with van der Waals surface area (Å²) in [4.78, 5) is 2.27. The summed E-state index contributed by atoms with van der Waals surface area (Å²) >= 11 is 0. The van der Waals surface area contributed by atoms with Crippen LogP contribution in [-0.2, 0) is 0 Å². The molecule has 2 aromatic rings. The van der Waals surface area contributed by atoms with Crippen LogP contribution in [0, 0.1) is 6.92 Å². The van der Waals surface area contributed by atoms with Crippen molar-refractivity contribution in [2.45, 2.75) is 20.8 Å². The van der Waals surface area contributed by atoms with Crippen LogP contribution in [0.25, 0.3) is 0 Å². The van der Waals surface area contributed by atoms with Crippen molar-refractivity contribution in [3.05, 3.63) is 71.9 Å². The largest absolute Gasteiger partial charge is 0.315 e. The van der Waals surface area contributed by atoms with E-state index in [2.05, 4.69) is 80.3 Å². The molecule has 0 atom stereocenters. The van der Waals surface area contributed by atoms with Crippen LogP contribution in [0.3, 0.4) is 0 Å². The normalized spacial score (nSPS) is 11.4. The van der Waals surface area contributed by atoms with E-state index < -0.39 is 0 Å². The summed E-state index contributed by atoms with van der Waals surface area (Å²) in [6.45, 7) is 6.33. The molecule has 1 nitrogen and oxygen atoms in total. The van der Waals surface area contributed by atoms with E-state index >= 15 is 0 Å². The van der Waals surface area contributed by atoms with Crippen LogP contribution in [0.5, 0.6) is 0 Å². The highest BCUT2D eigenvalue weighted by atomic mass is 15.1. The topological polar surface area (TPSA) is 3.24 Å². The summed E-state index contributed by atoms with van der Waals surface area (Å²) in [5.74, 6) is 0. The van der Waals surface area contributed by atoms with Crippen LogP contribution >= 0.6 is 0 Å². The average molecular weight is 237 g/mol. The van der Waals surface area contributed by atoms with Crippen molar-refractivity contribution in [2.24, 2.45) is 0 Å². The van der Waals surface area contributed by atoms with Gasteiger partial charge in [-0.1, -0.05) is 36.4 Å². The van der Waals surface area contributed by atoms with Gasteiger partial charge in [0.15, 0.2) is 0 Å². The molecule has 2 rings (SSSR count). The van der Waals surface area contributed by atoms with Crippen LogP contribution in [0.15, 0.2) is 66.4 Å².